The molecule has 2 aliphatic rings. The van der Waals surface area contributed by atoms with Crippen LogP contribution < -0.4 is 5.32 Å². The molecule has 1 aromatic heterocycles. The summed E-state index contributed by atoms with van der Waals surface area (Å²) >= 11 is 1.31. The first-order valence-corrected chi connectivity index (χ1v) is 11.4. The highest BCUT2D eigenvalue weighted by Gasteiger charge is 2.56. The van der Waals surface area contributed by atoms with Gasteiger partial charge in [0.05, 0.1) is 11.5 Å². The molecule has 2 amide bonds. The second-order valence-electron chi connectivity index (χ2n) is 8.19. The smallest absolute Gasteiger partial charge is 0.254 e. The maximum atomic E-state index is 13.7. The van der Waals surface area contributed by atoms with Crippen molar-refractivity contribution in [2.24, 2.45) is 0 Å². The average molecular weight is 429 g/mol. The molecule has 0 bridgehead atoms. The number of anilines is 1. The third-order valence-electron chi connectivity index (χ3n) is 6.47. The molecular weight excluding hydrogens is 400 g/mol. The van der Waals surface area contributed by atoms with Crippen LogP contribution >= 0.6 is 11.3 Å². The number of carbonyl (C=O) groups excluding carboxylic acids is 2. The van der Waals surface area contributed by atoms with Crippen molar-refractivity contribution in [2.75, 3.05) is 12.4 Å². The Bertz CT molecular complexity index is 938. The van der Waals surface area contributed by atoms with Crippen molar-refractivity contribution in [3.05, 3.63) is 40.4 Å². The molecular formula is C22H28N4O3S. The fraction of sp³-hybridized carbons (Fsp3) is 0.545. The SMILES string of the molecule is CC[C@H](C)N1C(=O)c2ccccc2[C@@H](C(=O)Nc2nnc(COC)s2)C12CCCC2. The van der Waals surface area contributed by atoms with E-state index in [9.17, 15) is 9.59 Å². The molecule has 30 heavy (non-hydrogen) atoms. The van der Waals surface area contributed by atoms with Gasteiger partial charge in [-0.05, 0) is 37.8 Å². The zero-order valence-electron chi connectivity index (χ0n) is 17.7. The van der Waals surface area contributed by atoms with E-state index in [1.807, 2.05) is 29.2 Å². The number of fused-ring (bicyclic) bond motifs is 1. The number of amides is 2. The van der Waals surface area contributed by atoms with Crippen LogP contribution in [0, 0.1) is 0 Å². The van der Waals surface area contributed by atoms with Crippen molar-refractivity contribution < 1.29 is 14.3 Å². The average Bonchev–Trinajstić information content (AvgIpc) is 3.38. The predicted molar refractivity (Wildman–Crippen MR) is 116 cm³/mol. The van der Waals surface area contributed by atoms with E-state index in [2.05, 4.69) is 29.4 Å². The third kappa shape index (κ3) is 3.41. The van der Waals surface area contributed by atoms with Gasteiger partial charge in [0, 0.05) is 18.7 Å². The number of methoxy groups -OCH3 is 1. The van der Waals surface area contributed by atoms with Gasteiger partial charge in [0.1, 0.15) is 11.6 Å². The zero-order valence-corrected chi connectivity index (χ0v) is 18.5. The Kier molecular flexibility index (Phi) is 5.88. The van der Waals surface area contributed by atoms with Crippen LogP contribution in [-0.2, 0) is 16.1 Å². The minimum Gasteiger partial charge on any atom is -0.377 e. The first kappa shape index (κ1) is 20.9. The summed E-state index contributed by atoms with van der Waals surface area (Å²) in [6.45, 7) is 4.54. The third-order valence-corrected chi connectivity index (χ3v) is 7.28. The second kappa shape index (κ2) is 8.43. The van der Waals surface area contributed by atoms with E-state index < -0.39 is 11.5 Å². The highest BCUT2D eigenvalue weighted by atomic mass is 32.1. The van der Waals surface area contributed by atoms with E-state index in [4.69, 9.17) is 4.74 Å². The summed E-state index contributed by atoms with van der Waals surface area (Å²) in [5, 5.41) is 12.3. The van der Waals surface area contributed by atoms with Crippen LogP contribution in [0.1, 0.15) is 72.8 Å². The number of benzene rings is 1. The van der Waals surface area contributed by atoms with E-state index in [1.54, 1.807) is 7.11 Å². The lowest BCUT2D eigenvalue weighted by molar-refractivity contribution is -0.121. The Morgan fingerprint density at radius 2 is 2.07 bits per heavy atom. The first-order valence-electron chi connectivity index (χ1n) is 10.6. The van der Waals surface area contributed by atoms with Crippen LogP contribution in [0.15, 0.2) is 24.3 Å². The summed E-state index contributed by atoms with van der Waals surface area (Å²) in [7, 11) is 1.60. The Labute approximate surface area is 180 Å². The van der Waals surface area contributed by atoms with Gasteiger partial charge < -0.3 is 9.64 Å². The van der Waals surface area contributed by atoms with E-state index in [0.717, 1.165) is 37.7 Å². The van der Waals surface area contributed by atoms with Crippen LogP contribution in [0.25, 0.3) is 0 Å². The lowest BCUT2D eigenvalue weighted by Crippen LogP contribution is -2.62. The maximum absolute atomic E-state index is 13.7. The lowest BCUT2D eigenvalue weighted by atomic mass is 9.70. The molecule has 1 aliphatic carbocycles. The number of rotatable bonds is 6. The molecule has 7 nitrogen and oxygen atoms in total. The summed E-state index contributed by atoms with van der Waals surface area (Å²) in [6.07, 6.45) is 4.55. The van der Waals surface area contributed by atoms with Crippen molar-refractivity contribution in [2.45, 2.75) is 70.1 Å². The Morgan fingerprint density at radius 3 is 2.77 bits per heavy atom. The van der Waals surface area contributed by atoms with Gasteiger partial charge >= 0.3 is 0 Å². The van der Waals surface area contributed by atoms with E-state index in [0.29, 0.717) is 22.3 Å². The summed E-state index contributed by atoms with van der Waals surface area (Å²) in [6, 6.07) is 7.62. The number of hydrogen-bond donors (Lipinski definition) is 1. The Morgan fingerprint density at radius 1 is 1.33 bits per heavy atom. The van der Waals surface area contributed by atoms with Crippen LogP contribution in [0.2, 0.25) is 0 Å². The molecule has 1 spiro atoms. The number of nitrogens with one attached hydrogen (secondary N) is 1. The van der Waals surface area contributed by atoms with Crippen molar-refractivity contribution in [3.8, 4) is 0 Å². The zero-order chi connectivity index (χ0) is 21.3. The minimum atomic E-state index is -0.495. The van der Waals surface area contributed by atoms with Crippen LogP contribution in [0.4, 0.5) is 5.13 Å². The number of hydrogen-bond acceptors (Lipinski definition) is 6. The maximum Gasteiger partial charge on any atom is 0.254 e. The highest BCUT2D eigenvalue weighted by Crippen LogP contribution is 2.51. The van der Waals surface area contributed by atoms with E-state index in [1.165, 1.54) is 11.3 Å². The minimum absolute atomic E-state index is 0.0456. The van der Waals surface area contributed by atoms with Gasteiger partial charge in [-0.3, -0.25) is 14.9 Å². The van der Waals surface area contributed by atoms with Crippen LogP contribution in [-0.4, -0.2) is 45.6 Å². The standard InChI is InChI=1S/C22H28N4O3S/c1-4-14(2)26-20(28)16-10-6-5-9-15(16)18(22(26)11-7-8-12-22)19(27)23-21-25-24-17(30-21)13-29-3/h5-6,9-10,14,18H,4,7-8,11-13H2,1-3H3,(H,23,25,27)/t14-,18-/m0/s1. The van der Waals surface area contributed by atoms with Gasteiger partial charge in [0.25, 0.3) is 5.91 Å². The number of nitrogens with zero attached hydrogens (tertiary/aromatic N) is 3. The van der Waals surface area contributed by atoms with Crippen molar-refractivity contribution >= 4 is 28.3 Å². The summed E-state index contributed by atoms with van der Waals surface area (Å²) in [5.74, 6) is -0.507. The van der Waals surface area contributed by atoms with Crippen molar-refractivity contribution in [3.63, 3.8) is 0 Å². The quantitative estimate of drug-likeness (QED) is 0.752. The lowest BCUT2D eigenvalue weighted by Gasteiger charge is -2.52. The van der Waals surface area contributed by atoms with Gasteiger partial charge in [0.15, 0.2) is 0 Å². The number of carbonyl (C=O) groups is 2. The highest BCUT2D eigenvalue weighted by molar-refractivity contribution is 7.15. The first-order chi connectivity index (χ1) is 14.5. The van der Waals surface area contributed by atoms with Gasteiger partial charge in [-0.2, -0.15) is 0 Å². The van der Waals surface area contributed by atoms with Gasteiger partial charge in [-0.25, -0.2) is 0 Å². The number of ether oxygens (including phenoxy) is 1. The van der Waals surface area contributed by atoms with E-state index >= 15 is 0 Å². The van der Waals surface area contributed by atoms with Crippen molar-refractivity contribution in [1.29, 1.82) is 0 Å². The molecule has 4 rings (SSSR count). The fourth-order valence-corrected chi connectivity index (χ4v) is 5.81. The molecule has 1 aromatic carbocycles. The normalized spacial score (nSPS) is 21.0. The summed E-state index contributed by atoms with van der Waals surface area (Å²) in [5.41, 5.74) is 0.959. The van der Waals surface area contributed by atoms with Gasteiger partial charge in [-0.15, -0.1) is 10.2 Å². The molecule has 2 atom stereocenters. The molecule has 1 fully saturated rings. The van der Waals surface area contributed by atoms with E-state index in [-0.39, 0.29) is 17.9 Å². The summed E-state index contributed by atoms with van der Waals surface area (Å²) < 4.78 is 5.10. The second-order valence-corrected chi connectivity index (χ2v) is 9.25. The largest absolute Gasteiger partial charge is 0.377 e. The fourth-order valence-electron chi connectivity index (χ4n) is 5.09. The molecule has 2 heterocycles. The van der Waals surface area contributed by atoms with Crippen LogP contribution in [0.3, 0.4) is 0 Å². The number of aromatic nitrogens is 2. The molecule has 1 N–H and O–H groups in total. The topological polar surface area (TPSA) is 84.4 Å². The molecule has 1 saturated carbocycles. The molecule has 2 aromatic rings. The summed E-state index contributed by atoms with van der Waals surface area (Å²) in [4.78, 5) is 29.2. The molecule has 8 heteroatoms. The molecule has 0 radical (unpaired) electrons. The van der Waals surface area contributed by atoms with Crippen LogP contribution in [0.5, 0.6) is 0 Å². The molecule has 1 aliphatic heterocycles. The molecule has 0 unspecified atom stereocenters. The van der Waals surface area contributed by atoms with Crippen molar-refractivity contribution in [1.82, 2.24) is 15.1 Å². The van der Waals surface area contributed by atoms with Gasteiger partial charge in [-0.1, -0.05) is 49.3 Å². The monoisotopic (exact) mass is 428 g/mol. The molecule has 160 valence electrons. The Balaban J connectivity index is 1.77. The predicted octanol–water partition coefficient (Wildman–Crippen LogP) is 3.97. The molecule has 0 saturated heterocycles. The van der Waals surface area contributed by atoms with Gasteiger partial charge in [0.2, 0.25) is 11.0 Å². The Hall–Kier alpha value is -2.32.